The third kappa shape index (κ3) is 2.45. The van der Waals surface area contributed by atoms with Crippen LogP contribution in [-0.4, -0.2) is 35.5 Å². The second-order valence-electron chi connectivity index (χ2n) is 5.13. The van der Waals surface area contributed by atoms with Crippen molar-refractivity contribution in [3.63, 3.8) is 0 Å². The standard InChI is InChI=1S/C14H21NO2/c1-10(2)14(17)8-15-12(9-16)7-11-5-3-4-6-13(11)15/h3-6,10,12,14,16-17H,7-9H2,1-2H3. The van der Waals surface area contributed by atoms with Crippen LogP contribution in [0.3, 0.4) is 0 Å². The number of hydrogen-bond donors (Lipinski definition) is 2. The highest BCUT2D eigenvalue weighted by atomic mass is 16.3. The van der Waals surface area contributed by atoms with Crippen LogP contribution < -0.4 is 4.90 Å². The first kappa shape index (κ1) is 12.4. The van der Waals surface area contributed by atoms with E-state index in [9.17, 15) is 10.2 Å². The molecule has 0 fully saturated rings. The van der Waals surface area contributed by atoms with Crippen molar-refractivity contribution in [1.82, 2.24) is 0 Å². The number of fused-ring (bicyclic) bond motifs is 1. The maximum Gasteiger partial charge on any atom is 0.0738 e. The molecule has 0 spiro atoms. The Balaban J connectivity index is 2.19. The average Bonchev–Trinajstić information content (AvgIpc) is 2.67. The molecule has 0 bridgehead atoms. The summed E-state index contributed by atoms with van der Waals surface area (Å²) in [5, 5.41) is 19.4. The molecule has 0 radical (unpaired) electrons. The Morgan fingerprint density at radius 1 is 1.35 bits per heavy atom. The molecule has 3 nitrogen and oxygen atoms in total. The fourth-order valence-electron chi connectivity index (χ4n) is 2.35. The molecule has 0 saturated carbocycles. The lowest BCUT2D eigenvalue weighted by Gasteiger charge is -2.30. The average molecular weight is 235 g/mol. The van der Waals surface area contributed by atoms with Crippen molar-refractivity contribution in [2.75, 3.05) is 18.1 Å². The van der Waals surface area contributed by atoms with Crippen molar-refractivity contribution in [3.8, 4) is 0 Å². The van der Waals surface area contributed by atoms with Crippen molar-refractivity contribution in [1.29, 1.82) is 0 Å². The zero-order valence-electron chi connectivity index (χ0n) is 10.5. The molecular formula is C14H21NO2. The molecule has 17 heavy (non-hydrogen) atoms. The van der Waals surface area contributed by atoms with Crippen LogP contribution in [-0.2, 0) is 6.42 Å². The van der Waals surface area contributed by atoms with Crippen LogP contribution in [0.2, 0.25) is 0 Å². The van der Waals surface area contributed by atoms with Crippen LogP contribution in [0.25, 0.3) is 0 Å². The van der Waals surface area contributed by atoms with Crippen LogP contribution in [0.5, 0.6) is 0 Å². The molecule has 3 heteroatoms. The maximum atomic E-state index is 10.0. The van der Waals surface area contributed by atoms with Crippen LogP contribution in [0.4, 0.5) is 5.69 Å². The quantitative estimate of drug-likeness (QED) is 0.829. The molecule has 2 unspecified atom stereocenters. The van der Waals surface area contributed by atoms with E-state index in [0.29, 0.717) is 6.54 Å². The molecule has 1 aromatic rings. The van der Waals surface area contributed by atoms with Crippen LogP contribution in [0.15, 0.2) is 24.3 Å². The molecular weight excluding hydrogens is 214 g/mol. The van der Waals surface area contributed by atoms with Gasteiger partial charge in [0.05, 0.1) is 18.8 Å². The molecule has 2 rings (SSSR count). The highest BCUT2D eigenvalue weighted by Gasteiger charge is 2.30. The zero-order valence-corrected chi connectivity index (χ0v) is 10.5. The second kappa shape index (κ2) is 5.07. The van der Waals surface area contributed by atoms with E-state index in [2.05, 4.69) is 17.0 Å². The minimum atomic E-state index is -0.352. The summed E-state index contributed by atoms with van der Waals surface area (Å²) in [6, 6.07) is 8.31. The molecule has 0 amide bonds. The van der Waals surface area contributed by atoms with Gasteiger partial charge in [0.25, 0.3) is 0 Å². The van der Waals surface area contributed by atoms with Gasteiger partial charge in [0.2, 0.25) is 0 Å². The topological polar surface area (TPSA) is 43.7 Å². The second-order valence-corrected chi connectivity index (χ2v) is 5.13. The number of anilines is 1. The summed E-state index contributed by atoms with van der Waals surface area (Å²) >= 11 is 0. The highest BCUT2D eigenvalue weighted by molar-refractivity contribution is 5.59. The van der Waals surface area contributed by atoms with Gasteiger partial charge in [-0.05, 0) is 24.0 Å². The van der Waals surface area contributed by atoms with Crippen molar-refractivity contribution < 1.29 is 10.2 Å². The van der Waals surface area contributed by atoms with E-state index in [-0.39, 0.29) is 24.7 Å². The van der Waals surface area contributed by atoms with E-state index in [1.807, 2.05) is 26.0 Å². The molecule has 2 N–H and O–H groups in total. The molecule has 0 saturated heterocycles. The van der Waals surface area contributed by atoms with Crippen molar-refractivity contribution in [2.45, 2.75) is 32.4 Å². The smallest absolute Gasteiger partial charge is 0.0738 e. The number of hydrogen-bond acceptors (Lipinski definition) is 3. The first-order valence-electron chi connectivity index (χ1n) is 6.27. The van der Waals surface area contributed by atoms with E-state index in [1.54, 1.807) is 0 Å². The van der Waals surface area contributed by atoms with Gasteiger partial charge in [-0.15, -0.1) is 0 Å². The van der Waals surface area contributed by atoms with Gasteiger partial charge in [0, 0.05) is 12.2 Å². The maximum absolute atomic E-state index is 10.0. The Kier molecular flexibility index (Phi) is 3.69. The van der Waals surface area contributed by atoms with E-state index in [4.69, 9.17) is 0 Å². The number of aliphatic hydroxyl groups is 2. The fraction of sp³-hybridized carbons (Fsp3) is 0.571. The van der Waals surface area contributed by atoms with Gasteiger partial charge >= 0.3 is 0 Å². The number of nitrogens with zero attached hydrogens (tertiary/aromatic N) is 1. The summed E-state index contributed by atoms with van der Waals surface area (Å²) in [5.74, 6) is 0.238. The fourth-order valence-corrected chi connectivity index (χ4v) is 2.35. The lowest BCUT2D eigenvalue weighted by atomic mass is 10.1. The molecule has 1 aromatic carbocycles. The SMILES string of the molecule is CC(C)C(O)CN1c2ccccc2CC1CO. The van der Waals surface area contributed by atoms with Gasteiger partial charge in [-0.2, -0.15) is 0 Å². The number of para-hydroxylation sites is 1. The molecule has 1 aliphatic rings. The third-order valence-corrected chi connectivity index (χ3v) is 3.56. The summed E-state index contributed by atoms with van der Waals surface area (Å²) < 4.78 is 0. The normalized spacial score (nSPS) is 20.8. The molecule has 1 aliphatic heterocycles. The van der Waals surface area contributed by atoms with Gasteiger partial charge in [-0.3, -0.25) is 0 Å². The Hall–Kier alpha value is -1.06. The first-order valence-corrected chi connectivity index (χ1v) is 6.27. The van der Waals surface area contributed by atoms with E-state index < -0.39 is 0 Å². The Labute approximate surface area is 103 Å². The van der Waals surface area contributed by atoms with Gasteiger partial charge < -0.3 is 15.1 Å². The minimum absolute atomic E-state index is 0.112. The Morgan fingerprint density at radius 3 is 2.71 bits per heavy atom. The van der Waals surface area contributed by atoms with E-state index in [1.165, 1.54) is 5.56 Å². The summed E-state index contributed by atoms with van der Waals surface area (Å²) in [4.78, 5) is 2.14. The summed E-state index contributed by atoms with van der Waals surface area (Å²) in [6.45, 7) is 4.76. The monoisotopic (exact) mass is 235 g/mol. The summed E-state index contributed by atoms with van der Waals surface area (Å²) in [7, 11) is 0. The molecule has 1 heterocycles. The number of rotatable bonds is 4. The van der Waals surface area contributed by atoms with E-state index in [0.717, 1.165) is 12.1 Å². The minimum Gasteiger partial charge on any atom is -0.394 e. The van der Waals surface area contributed by atoms with Gasteiger partial charge in [-0.25, -0.2) is 0 Å². The lowest BCUT2D eigenvalue weighted by Crippen LogP contribution is -2.41. The molecule has 0 aliphatic carbocycles. The van der Waals surface area contributed by atoms with Crippen molar-refractivity contribution >= 4 is 5.69 Å². The zero-order chi connectivity index (χ0) is 12.4. The Bertz CT molecular complexity index is 378. The third-order valence-electron chi connectivity index (χ3n) is 3.56. The van der Waals surface area contributed by atoms with Crippen LogP contribution >= 0.6 is 0 Å². The van der Waals surface area contributed by atoms with Crippen LogP contribution in [0.1, 0.15) is 19.4 Å². The number of β-amino-alcohol motifs (C(OH)–C–C–N with tert-alkyl or cyclic N) is 1. The van der Waals surface area contributed by atoms with E-state index >= 15 is 0 Å². The summed E-state index contributed by atoms with van der Waals surface area (Å²) in [5.41, 5.74) is 2.42. The Morgan fingerprint density at radius 2 is 2.06 bits per heavy atom. The predicted octanol–water partition coefficient (Wildman–Crippen LogP) is 1.43. The summed E-state index contributed by atoms with van der Waals surface area (Å²) in [6.07, 6.45) is 0.521. The van der Waals surface area contributed by atoms with Crippen molar-refractivity contribution in [3.05, 3.63) is 29.8 Å². The molecule has 0 aromatic heterocycles. The molecule has 2 atom stereocenters. The first-order chi connectivity index (χ1) is 8.13. The number of benzene rings is 1. The van der Waals surface area contributed by atoms with Crippen LogP contribution in [0, 0.1) is 5.92 Å². The predicted molar refractivity (Wildman–Crippen MR) is 69.2 cm³/mol. The molecule has 94 valence electrons. The van der Waals surface area contributed by atoms with Gasteiger partial charge in [-0.1, -0.05) is 32.0 Å². The largest absolute Gasteiger partial charge is 0.394 e. The van der Waals surface area contributed by atoms with Gasteiger partial charge in [0.1, 0.15) is 0 Å². The van der Waals surface area contributed by atoms with Gasteiger partial charge in [0.15, 0.2) is 0 Å². The van der Waals surface area contributed by atoms with Crippen molar-refractivity contribution in [2.24, 2.45) is 5.92 Å². The lowest BCUT2D eigenvalue weighted by molar-refractivity contribution is 0.126. The number of aliphatic hydroxyl groups excluding tert-OH is 2. The highest BCUT2D eigenvalue weighted by Crippen LogP contribution is 2.32.